The number of aliphatic hydroxyl groups is 5. The van der Waals surface area contributed by atoms with Crippen LogP contribution >= 0.6 is 0 Å². The molecule has 0 aromatic carbocycles. The van der Waals surface area contributed by atoms with Crippen molar-refractivity contribution in [3.63, 3.8) is 0 Å². The lowest BCUT2D eigenvalue weighted by Gasteiger charge is -2.44. The summed E-state index contributed by atoms with van der Waals surface area (Å²) in [6.45, 7) is 7.65. The molecule has 26 heavy (non-hydrogen) atoms. The third-order valence-electron chi connectivity index (χ3n) is 5.59. The summed E-state index contributed by atoms with van der Waals surface area (Å²) in [5.74, 6) is 0. The Balaban J connectivity index is 2.07. The topological polar surface area (TPSA) is 120 Å². The molecular weight excluding hydrogens is 340 g/mol. The molecule has 0 amide bonds. The summed E-state index contributed by atoms with van der Waals surface area (Å²) in [4.78, 5) is 0. The third kappa shape index (κ3) is 4.84. The van der Waals surface area contributed by atoms with Gasteiger partial charge in [0.05, 0.1) is 18.8 Å². The SMILES string of the molecule is CC1=C(CCC(C)O)C(C)(C)CC(O[C@@H]2O[C@H](CO)[C@@H](O)[C@H](O)[C@H]2O)C1. The largest absolute Gasteiger partial charge is 0.394 e. The van der Waals surface area contributed by atoms with Crippen LogP contribution in [-0.4, -0.2) is 75.1 Å². The summed E-state index contributed by atoms with van der Waals surface area (Å²) in [7, 11) is 0. The summed E-state index contributed by atoms with van der Waals surface area (Å²) in [6, 6.07) is 0. The zero-order chi connectivity index (χ0) is 19.6. The molecule has 1 aliphatic carbocycles. The molecule has 1 aliphatic heterocycles. The highest BCUT2D eigenvalue weighted by atomic mass is 16.7. The molecule has 1 heterocycles. The Morgan fingerprint density at radius 2 is 1.85 bits per heavy atom. The van der Waals surface area contributed by atoms with E-state index in [0.717, 1.165) is 6.42 Å². The summed E-state index contributed by atoms with van der Waals surface area (Å²) in [6.07, 6.45) is -3.86. The van der Waals surface area contributed by atoms with Gasteiger partial charge in [-0.25, -0.2) is 0 Å². The highest BCUT2D eigenvalue weighted by molar-refractivity contribution is 5.24. The molecule has 1 fully saturated rings. The molecule has 1 saturated heterocycles. The van der Waals surface area contributed by atoms with Crippen LogP contribution in [0.15, 0.2) is 11.1 Å². The van der Waals surface area contributed by atoms with Gasteiger partial charge in [-0.1, -0.05) is 25.0 Å². The second-order valence-corrected chi connectivity index (χ2v) is 8.39. The lowest BCUT2D eigenvalue weighted by molar-refractivity contribution is -0.313. The molecule has 2 aliphatic rings. The number of hydrogen-bond acceptors (Lipinski definition) is 7. The first kappa shape index (κ1) is 21.8. The normalized spacial score (nSPS) is 39.1. The van der Waals surface area contributed by atoms with Crippen molar-refractivity contribution >= 4 is 0 Å². The van der Waals surface area contributed by atoms with Crippen LogP contribution in [0.25, 0.3) is 0 Å². The molecule has 7 atom stereocenters. The number of ether oxygens (including phenoxy) is 2. The molecule has 0 aromatic rings. The van der Waals surface area contributed by atoms with Crippen molar-refractivity contribution in [3.8, 4) is 0 Å². The van der Waals surface area contributed by atoms with Gasteiger partial charge in [0.15, 0.2) is 6.29 Å². The molecule has 0 aromatic heterocycles. The van der Waals surface area contributed by atoms with E-state index in [1.165, 1.54) is 11.1 Å². The molecule has 0 bridgehead atoms. The lowest BCUT2D eigenvalue weighted by atomic mass is 9.70. The molecular formula is C19H34O7. The van der Waals surface area contributed by atoms with Crippen molar-refractivity contribution in [3.05, 3.63) is 11.1 Å². The first-order chi connectivity index (χ1) is 12.1. The lowest BCUT2D eigenvalue weighted by Crippen LogP contribution is -2.59. The maximum absolute atomic E-state index is 10.2. The fraction of sp³-hybridized carbons (Fsp3) is 0.895. The maximum Gasteiger partial charge on any atom is 0.186 e. The van der Waals surface area contributed by atoms with Crippen molar-refractivity contribution < 1.29 is 35.0 Å². The van der Waals surface area contributed by atoms with E-state index in [-0.39, 0.29) is 17.6 Å². The Labute approximate surface area is 155 Å². The highest BCUT2D eigenvalue weighted by Crippen LogP contribution is 2.44. The zero-order valence-electron chi connectivity index (χ0n) is 16.1. The van der Waals surface area contributed by atoms with E-state index in [1.54, 1.807) is 6.92 Å². The van der Waals surface area contributed by atoms with Gasteiger partial charge in [-0.05, 0) is 44.9 Å². The molecule has 2 unspecified atom stereocenters. The van der Waals surface area contributed by atoms with E-state index < -0.39 is 37.3 Å². The van der Waals surface area contributed by atoms with Crippen LogP contribution in [0.2, 0.25) is 0 Å². The second-order valence-electron chi connectivity index (χ2n) is 8.39. The quantitative estimate of drug-likeness (QED) is 0.429. The second kappa shape index (κ2) is 8.65. The summed E-state index contributed by atoms with van der Waals surface area (Å²) in [5, 5.41) is 48.8. The molecule has 7 heteroatoms. The van der Waals surface area contributed by atoms with Gasteiger partial charge in [0.1, 0.15) is 24.4 Å². The fourth-order valence-corrected chi connectivity index (χ4v) is 4.18. The molecule has 0 radical (unpaired) electrons. The average molecular weight is 374 g/mol. The van der Waals surface area contributed by atoms with Crippen LogP contribution in [-0.2, 0) is 9.47 Å². The highest BCUT2D eigenvalue weighted by Gasteiger charge is 2.45. The van der Waals surface area contributed by atoms with Gasteiger partial charge in [-0.2, -0.15) is 0 Å². The van der Waals surface area contributed by atoms with Crippen molar-refractivity contribution in [1.82, 2.24) is 0 Å². The molecule has 7 nitrogen and oxygen atoms in total. The summed E-state index contributed by atoms with van der Waals surface area (Å²) in [5.41, 5.74) is 2.42. The van der Waals surface area contributed by atoms with E-state index in [4.69, 9.17) is 9.47 Å². The van der Waals surface area contributed by atoms with Gasteiger partial charge in [-0.3, -0.25) is 0 Å². The van der Waals surface area contributed by atoms with Gasteiger partial charge in [-0.15, -0.1) is 0 Å². The average Bonchev–Trinajstić information content (AvgIpc) is 2.53. The predicted octanol–water partition coefficient (Wildman–Crippen LogP) is 0.469. The van der Waals surface area contributed by atoms with Gasteiger partial charge in [0, 0.05) is 0 Å². The van der Waals surface area contributed by atoms with Crippen molar-refractivity contribution in [2.24, 2.45) is 5.41 Å². The molecule has 0 saturated carbocycles. The molecule has 152 valence electrons. The Kier molecular flexibility index (Phi) is 7.23. The summed E-state index contributed by atoms with van der Waals surface area (Å²) >= 11 is 0. The zero-order valence-corrected chi connectivity index (χ0v) is 16.1. The van der Waals surface area contributed by atoms with Crippen LogP contribution in [0.3, 0.4) is 0 Å². The Bertz CT molecular complexity index is 500. The van der Waals surface area contributed by atoms with Crippen LogP contribution in [0, 0.1) is 5.41 Å². The summed E-state index contributed by atoms with van der Waals surface area (Å²) < 4.78 is 11.4. The number of allylic oxidation sites excluding steroid dienone is 1. The Morgan fingerprint density at radius 1 is 1.19 bits per heavy atom. The van der Waals surface area contributed by atoms with Gasteiger partial charge in [0.2, 0.25) is 0 Å². The maximum atomic E-state index is 10.2. The van der Waals surface area contributed by atoms with E-state index in [1.807, 2.05) is 0 Å². The van der Waals surface area contributed by atoms with Gasteiger partial charge < -0.3 is 35.0 Å². The number of aliphatic hydroxyl groups excluding tert-OH is 5. The van der Waals surface area contributed by atoms with Gasteiger partial charge >= 0.3 is 0 Å². The van der Waals surface area contributed by atoms with E-state index >= 15 is 0 Å². The predicted molar refractivity (Wildman–Crippen MR) is 95.3 cm³/mol. The molecule has 0 spiro atoms. The monoisotopic (exact) mass is 374 g/mol. The minimum absolute atomic E-state index is 0.115. The van der Waals surface area contributed by atoms with Crippen molar-refractivity contribution in [2.75, 3.05) is 6.61 Å². The fourth-order valence-electron chi connectivity index (χ4n) is 4.18. The smallest absolute Gasteiger partial charge is 0.186 e. The number of rotatable bonds is 6. The van der Waals surface area contributed by atoms with Crippen molar-refractivity contribution in [1.29, 1.82) is 0 Å². The van der Waals surface area contributed by atoms with Crippen LogP contribution in [0.4, 0.5) is 0 Å². The van der Waals surface area contributed by atoms with Crippen molar-refractivity contribution in [2.45, 2.75) is 96.3 Å². The van der Waals surface area contributed by atoms with E-state index in [9.17, 15) is 25.5 Å². The van der Waals surface area contributed by atoms with Gasteiger partial charge in [0.25, 0.3) is 0 Å². The van der Waals surface area contributed by atoms with E-state index in [0.29, 0.717) is 19.3 Å². The van der Waals surface area contributed by atoms with Crippen LogP contribution in [0.5, 0.6) is 0 Å². The minimum atomic E-state index is -1.43. The van der Waals surface area contributed by atoms with Crippen LogP contribution in [0.1, 0.15) is 53.4 Å². The first-order valence-electron chi connectivity index (χ1n) is 9.40. The molecule has 5 N–H and O–H groups in total. The third-order valence-corrected chi connectivity index (χ3v) is 5.59. The Hall–Kier alpha value is -0.540. The standard InChI is InChI=1S/C19H34O7/c1-10-7-12(8-19(3,4)13(10)6-5-11(2)21)25-18-17(24)16(23)15(22)14(9-20)26-18/h11-12,14-18,20-24H,5-9H2,1-4H3/t11?,12?,14-,15-,16+,17-,18-/m1/s1. The van der Waals surface area contributed by atoms with Crippen LogP contribution < -0.4 is 0 Å². The van der Waals surface area contributed by atoms with E-state index in [2.05, 4.69) is 20.8 Å². The Morgan fingerprint density at radius 3 is 2.38 bits per heavy atom. The first-order valence-corrected chi connectivity index (χ1v) is 9.40. The molecule has 2 rings (SSSR count). The number of hydrogen-bond donors (Lipinski definition) is 5. The minimum Gasteiger partial charge on any atom is -0.394 e.